The Morgan fingerprint density at radius 1 is 1.00 bits per heavy atom. The number of hydrogen-bond acceptors (Lipinski definition) is 3. The predicted molar refractivity (Wildman–Crippen MR) is 104 cm³/mol. The number of fused-ring (bicyclic) bond motifs is 1. The van der Waals surface area contributed by atoms with Gasteiger partial charge in [0.15, 0.2) is 0 Å². The molecule has 0 saturated heterocycles. The van der Waals surface area contributed by atoms with E-state index in [2.05, 4.69) is 20.6 Å². The predicted octanol–water partition coefficient (Wildman–Crippen LogP) is 3.85. The van der Waals surface area contributed by atoms with Crippen molar-refractivity contribution in [2.24, 2.45) is 5.92 Å². The first-order valence-electron chi connectivity index (χ1n) is 9.31. The molecule has 5 heteroatoms. The van der Waals surface area contributed by atoms with Crippen molar-refractivity contribution < 1.29 is 4.79 Å². The molecule has 26 heavy (non-hydrogen) atoms. The van der Waals surface area contributed by atoms with Crippen molar-refractivity contribution in [1.82, 2.24) is 15.3 Å². The molecule has 0 aliphatic heterocycles. The lowest BCUT2D eigenvalue weighted by molar-refractivity contribution is -0.126. The van der Waals surface area contributed by atoms with Crippen molar-refractivity contribution in [3.8, 4) is 0 Å². The maximum Gasteiger partial charge on any atom is 0.223 e. The Hall–Kier alpha value is -2.82. The molecule has 1 aliphatic rings. The lowest BCUT2D eigenvalue weighted by Crippen LogP contribution is -2.35. The summed E-state index contributed by atoms with van der Waals surface area (Å²) in [6.07, 6.45) is 3.80. The Balaban J connectivity index is 1.26. The van der Waals surface area contributed by atoms with Gasteiger partial charge < -0.3 is 15.6 Å². The second-order valence-electron chi connectivity index (χ2n) is 7.00. The lowest BCUT2D eigenvalue weighted by Gasteiger charge is -2.28. The van der Waals surface area contributed by atoms with E-state index in [4.69, 9.17) is 0 Å². The van der Waals surface area contributed by atoms with E-state index >= 15 is 0 Å². The van der Waals surface area contributed by atoms with Crippen molar-refractivity contribution in [3.63, 3.8) is 0 Å². The first kappa shape index (κ1) is 16.6. The SMILES string of the molecule is O=C(NCc1ccccc1)C1CCC(Nc2nc3ccccc3[nH]2)CC1. The van der Waals surface area contributed by atoms with Crippen LogP contribution in [0.4, 0.5) is 5.95 Å². The van der Waals surface area contributed by atoms with Gasteiger partial charge in [0.05, 0.1) is 11.0 Å². The molecular formula is C21H24N4O. The number of aromatic amines is 1. The zero-order valence-electron chi connectivity index (χ0n) is 14.7. The zero-order chi connectivity index (χ0) is 17.8. The van der Waals surface area contributed by atoms with Gasteiger partial charge in [0, 0.05) is 18.5 Å². The number of amides is 1. The average Bonchev–Trinajstić information content (AvgIpc) is 3.10. The van der Waals surface area contributed by atoms with Gasteiger partial charge in [-0.05, 0) is 43.4 Å². The third-order valence-corrected chi connectivity index (χ3v) is 5.14. The monoisotopic (exact) mass is 348 g/mol. The van der Waals surface area contributed by atoms with Crippen molar-refractivity contribution in [1.29, 1.82) is 0 Å². The normalized spacial score (nSPS) is 20.0. The first-order chi connectivity index (χ1) is 12.8. The topological polar surface area (TPSA) is 69.8 Å². The molecule has 0 bridgehead atoms. The number of nitrogens with one attached hydrogen (secondary N) is 3. The van der Waals surface area contributed by atoms with E-state index in [9.17, 15) is 4.79 Å². The molecule has 3 N–H and O–H groups in total. The highest BCUT2D eigenvalue weighted by molar-refractivity contribution is 5.79. The number of para-hydroxylation sites is 2. The highest BCUT2D eigenvalue weighted by Gasteiger charge is 2.26. The molecule has 2 aromatic carbocycles. The van der Waals surface area contributed by atoms with Gasteiger partial charge in [0.2, 0.25) is 11.9 Å². The number of hydrogen-bond donors (Lipinski definition) is 3. The minimum absolute atomic E-state index is 0.118. The lowest BCUT2D eigenvalue weighted by atomic mass is 9.85. The van der Waals surface area contributed by atoms with Crippen LogP contribution in [0, 0.1) is 5.92 Å². The number of carbonyl (C=O) groups excluding carboxylic acids is 1. The summed E-state index contributed by atoms with van der Waals surface area (Å²) >= 11 is 0. The molecule has 3 aromatic rings. The molecular weight excluding hydrogens is 324 g/mol. The maximum atomic E-state index is 12.4. The third kappa shape index (κ3) is 3.87. The second kappa shape index (κ2) is 7.60. The van der Waals surface area contributed by atoms with E-state index in [1.807, 2.05) is 54.6 Å². The van der Waals surface area contributed by atoms with E-state index < -0.39 is 0 Å². The van der Waals surface area contributed by atoms with Crippen LogP contribution in [0.15, 0.2) is 54.6 Å². The Labute approximate surface area is 153 Å². The average molecular weight is 348 g/mol. The van der Waals surface area contributed by atoms with Gasteiger partial charge in [-0.2, -0.15) is 0 Å². The van der Waals surface area contributed by atoms with Crippen molar-refractivity contribution >= 4 is 22.9 Å². The standard InChI is InChI=1S/C21H24N4O/c26-20(22-14-15-6-2-1-3-7-15)16-10-12-17(13-11-16)23-21-24-18-8-4-5-9-19(18)25-21/h1-9,16-17H,10-14H2,(H,22,26)(H2,23,24,25). The van der Waals surface area contributed by atoms with E-state index in [1.165, 1.54) is 0 Å². The van der Waals surface area contributed by atoms with Crippen LogP contribution in [0.2, 0.25) is 0 Å². The highest BCUT2D eigenvalue weighted by Crippen LogP contribution is 2.27. The fourth-order valence-corrected chi connectivity index (χ4v) is 3.64. The molecule has 0 radical (unpaired) electrons. The molecule has 0 unspecified atom stereocenters. The quantitative estimate of drug-likeness (QED) is 0.656. The van der Waals surface area contributed by atoms with Crippen LogP contribution in [-0.2, 0) is 11.3 Å². The smallest absolute Gasteiger partial charge is 0.223 e. The van der Waals surface area contributed by atoms with Crippen LogP contribution in [0.25, 0.3) is 11.0 Å². The third-order valence-electron chi connectivity index (χ3n) is 5.14. The van der Waals surface area contributed by atoms with E-state index in [0.717, 1.165) is 48.2 Å². The van der Waals surface area contributed by atoms with Crippen LogP contribution in [0.1, 0.15) is 31.2 Å². The minimum atomic E-state index is 0.118. The summed E-state index contributed by atoms with van der Waals surface area (Å²) in [4.78, 5) is 20.3. The number of imidazole rings is 1. The van der Waals surface area contributed by atoms with Gasteiger partial charge in [-0.1, -0.05) is 42.5 Å². The summed E-state index contributed by atoms with van der Waals surface area (Å²) in [6.45, 7) is 0.608. The van der Waals surface area contributed by atoms with Crippen LogP contribution >= 0.6 is 0 Å². The summed E-state index contributed by atoms with van der Waals surface area (Å²) in [6, 6.07) is 18.5. The van der Waals surface area contributed by atoms with Crippen LogP contribution in [0.5, 0.6) is 0 Å². The Morgan fingerprint density at radius 3 is 2.50 bits per heavy atom. The largest absolute Gasteiger partial charge is 0.353 e. The number of H-pyrrole nitrogens is 1. The van der Waals surface area contributed by atoms with Gasteiger partial charge in [0.25, 0.3) is 0 Å². The molecule has 1 heterocycles. The zero-order valence-corrected chi connectivity index (χ0v) is 14.7. The van der Waals surface area contributed by atoms with Crippen LogP contribution in [0.3, 0.4) is 0 Å². The first-order valence-corrected chi connectivity index (χ1v) is 9.31. The number of rotatable bonds is 5. The molecule has 4 rings (SSSR count). The molecule has 1 aliphatic carbocycles. The number of anilines is 1. The summed E-state index contributed by atoms with van der Waals surface area (Å²) in [5.74, 6) is 1.12. The van der Waals surface area contributed by atoms with Crippen LogP contribution in [-0.4, -0.2) is 21.9 Å². The maximum absolute atomic E-state index is 12.4. The molecule has 0 atom stereocenters. The van der Waals surface area contributed by atoms with Gasteiger partial charge in [0.1, 0.15) is 0 Å². The molecule has 1 saturated carbocycles. The Morgan fingerprint density at radius 2 is 1.73 bits per heavy atom. The molecule has 1 fully saturated rings. The number of benzene rings is 2. The van der Waals surface area contributed by atoms with Gasteiger partial charge in [-0.15, -0.1) is 0 Å². The Bertz CT molecular complexity index is 833. The highest BCUT2D eigenvalue weighted by atomic mass is 16.1. The summed E-state index contributed by atoms with van der Waals surface area (Å²) in [7, 11) is 0. The van der Waals surface area contributed by atoms with Crippen molar-refractivity contribution in [3.05, 3.63) is 60.2 Å². The van der Waals surface area contributed by atoms with Gasteiger partial charge >= 0.3 is 0 Å². The molecule has 1 aromatic heterocycles. The number of carbonyl (C=O) groups is 1. The van der Waals surface area contributed by atoms with Crippen LogP contribution < -0.4 is 10.6 Å². The summed E-state index contributed by atoms with van der Waals surface area (Å²) < 4.78 is 0. The van der Waals surface area contributed by atoms with E-state index in [1.54, 1.807) is 0 Å². The van der Waals surface area contributed by atoms with Crippen molar-refractivity contribution in [2.75, 3.05) is 5.32 Å². The number of aromatic nitrogens is 2. The van der Waals surface area contributed by atoms with E-state index in [0.29, 0.717) is 12.6 Å². The number of nitrogens with zero attached hydrogens (tertiary/aromatic N) is 1. The minimum Gasteiger partial charge on any atom is -0.353 e. The second-order valence-corrected chi connectivity index (χ2v) is 7.00. The van der Waals surface area contributed by atoms with Gasteiger partial charge in [-0.25, -0.2) is 4.98 Å². The molecule has 134 valence electrons. The van der Waals surface area contributed by atoms with Gasteiger partial charge in [-0.3, -0.25) is 4.79 Å². The van der Waals surface area contributed by atoms with Crippen molar-refractivity contribution in [2.45, 2.75) is 38.3 Å². The fourth-order valence-electron chi connectivity index (χ4n) is 3.64. The summed E-state index contributed by atoms with van der Waals surface area (Å²) in [5.41, 5.74) is 3.16. The molecule has 0 spiro atoms. The van der Waals surface area contributed by atoms with E-state index in [-0.39, 0.29) is 11.8 Å². The molecule has 1 amide bonds. The molecule has 5 nitrogen and oxygen atoms in total. The summed E-state index contributed by atoms with van der Waals surface area (Å²) in [5, 5.41) is 6.56. The Kier molecular flexibility index (Phi) is 4.86. The fraction of sp³-hybridized carbons (Fsp3) is 0.333.